The number of anilines is 1. The van der Waals surface area contributed by atoms with Gasteiger partial charge in [-0.05, 0) is 30.4 Å². The maximum atomic E-state index is 11.2. The first kappa shape index (κ1) is 13.8. The van der Waals surface area contributed by atoms with Crippen LogP contribution in [0.4, 0.5) is 11.4 Å². The average Bonchev–Trinajstić information content (AvgIpc) is 2.32. The van der Waals surface area contributed by atoms with E-state index in [1.54, 1.807) is 6.07 Å². The molecule has 2 N–H and O–H groups in total. The van der Waals surface area contributed by atoms with E-state index in [4.69, 9.17) is 5.73 Å². The zero-order valence-electron chi connectivity index (χ0n) is 11.7. The molecular formula is C14H21N3O2. The average molecular weight is 263 g/mol. The van der Waals surface area contributed by atoms with Gasteiger partial charge >= 0.3 is 0 Å². The largest absolute Gasteiger partial charge is 0.365 e. The quantitative estimate of drug-likeness (QED) is 0.657. The van der Waals surface area contributed by atoms with Crippen molar-refractivity contribution in [2.24, 2.45) is 11.1 Å². The second-order valence-corrected chi connectivity index (χ2v) is 6.05. The van der Waals surface area contributed by atoms with Gasteiger partial charge in [-0.25, -0.2) is 0 Å². The lowest BCUT2D eigenvalue weighted by atomic mass is 9.79. The van der Waals surface area contributed by atoms with Crippen LogP contribution in [0.5, 0.6) is 0 Å². The van der Waals surface area contributed by atoms with E-state index in [2.05, 4.69) is 18.7 Å². The van der Waals surface area contributed by atoms with E-state index in [1.807, 2.05) is 19.1 Å². The molecule has 0 aliphatic carbocycles. The number of aryl methyl sites for hydroxylation is 1. The van der Waals surface area contributed by atoms with Crippen molar-refractivity contribution in [1.29, 1.82) is 0 Å². The zero-order valence-corrected chi connectivity index (χ0v) is 11.7. The molecule has 5 nitrogen and oxygen atoms in total. The van der Waals surface area contributed by atoms with Crippen molar-refractivity contribution in [1.82, 2.24) is 0 Å². The molecule has 1 saturated heterocycles. The number of nitro benzene ring substituents is 1. The van der Waals surface area contributed by atoms with Gasteiger partial charge in [0.15, 0.2) is 0 Å². The Bertz CT molecular complexity index is 499. The van der Waals surface area contributed by atoms with Crippen LogP contribution >= 0.6 is 0 Å². The lowest BCUT2D eigenvalue weighted by Crippen LogP contribution is -2.52. The summed E-state index contributed by atoms with van der Waals surface area (Å²) in [5, 5.41) is 11.2. The summed E-state index contributed by atoms with van der Waals surface area (Å²) in [6.45, 7) is 7.62. The Hall–Kier alpha value is -1.62. The summed E-state index contributed by atoms with van der Waals surface area (Å²) in [6, 6.07) is 5.55. The number of benzene rings is 1. The van der Waals surface area contributed by atoms with Crippen molar-refractivity contribution in [3.63, 3.8) is 0 Å². The van der Waals surface area contributed by atoms with Gasteiger partial charge in [-0.2, -0.15) is 0 Å². The van der Waals surface area contributed by atoms with Crippen molar-refractivity contribution in [2.75, 3.05) is 18.0 Å². The minimum absolute atomic E-state index is 0.0307. The highest BCUT2D eigenvalue weighted by molar-refractivity contribution is 5.64. The van der Waals surface area contributed by atoms with Crippen LogP contribution in [-0.4, -0.2) is 24.1 Å². The third kappa shape index (κ3) is 2.71. The normalized spacial score (nSPS) is 22.3. The highest BCUT2D eigenvalue weighted by Crippen LogP contribution is 2.35. The van der Waals surface area contributed by atoms with Crippen molar-refractivity contribution >= 4 is 11.4 Å². The Morgan fingerprint density at radius 1 is 1.47 bits per heavy atom. The molecule has 0 amide bonds. The molecule has 1 aliphatic rings. The molecule has 1 heterocycles. The van der Waals surface area contributed by atoms with Gasteiger partial charge in [-0.1, -0.05) is 19.9 Å². The first-order valence-electron chi connectivity index (χ1n) is 6.57. The summed E-state index contributed by atoms with van der Waals surface area (Å²) in [5.41, 5.74) is 7.88. The molecule has 1 unspecified atom stereocenters. The van der Waals surface area contributed by atoms with E-state index in [9.17, 15) is 10.1 Å². The summed E-state index contributed by atoms with van der Waals surface area (Å²) in [4.78, 5) is 13.0. The second-order valence-electron chi connectivity index (χ2n) is 6.05. The van der Waals surface area contributed by atoms with E-state index in [-0.39, 0.29) is 22.1 Å². The number of nitrogens with zero attached hydrogens (tertiary/aromatic N) is 2. The molecule has 1 aliphatic heterocycles. The lowest BCUT2D eigenvalue weighted by molar-refractivity contribution is -0.384. The smallest absolute Gasteiger partial charge is 0.292 e. The van der Waals surface area contributed by atoms with Gasteiger partial charge in [0.2, 0.25) is 0 Å². The minimum Gasteiger partial charge on any atom is -0.365 e. The van der Waals surface area contributed by atoms with Crippen LogP contribution in [0, 0.1) is 22.5 Å². The topological polar surface area (TPSA) is 72.4 Å². The SMILES string of the molecule is Cc1ccc(N2CCC(N)C(C)(C)C2)c([N+](=O)[O-])c1. The molecular weight excluding hydrogens is 242 g/mol. The molecule has 5 heteroatoms. The number of nitrogens with two attached hydrogens (primary N) is 1. The zero-order chi connectivity index (χ0) is 14.2. The van der Waals surface area contributed by atoms with Crippen LogP contribution in [0.15, 0.2) is 18.2 Å². The molecule has 104 valence electrons. The Morgan fingerprint density at radius 3 is 2.74 bits per heavy atom. The first-order valence-corrected chi connectivity index (χ1v) is 6.57. The monoisotopic (exact) mass is 263 g/mol. The molecule has 1 fully saturated rings. The van der Waals surface area contributed by atoms with Gasteiger partial charge in [0.25, 0.3) is 5.69 Å². The third-order valence-electron chi connectivity index (χ3n) is 3.98. The Balaban J connectivity index is 2.35. The Kier molecular flexibility index (Phi) is 3.49. The number of rotatable bonds is 2. The van der Waals surface area contributed by atoms with E-state index < -0.39 is 0 Å². The van der Waals surface area contributed by atoms with E-state index in [1.165, 1.54) is 0 Å². The molecule has 1 atom stereocenters. The highest BCUT2D eigenvalue weighted by atomic mass is 16.6. The Morgan fingerprint density at radius 2 is 2.16 bits per heavy atom. The van der Waals surface area contributed by atoms with Gasteiger partial charge in [-0.3, -0.25) is 10.1 Å². The van der Waals surface area contributed by atoms with Crippen LogP contribution in [0.1, 0.15) is 25.8 Å². The minimum atomic E-state index is -0.302. The molecule has 0 saturated carbocycles. The molecule has 0 aromatic heterocycles. The summed E-state index contributed by atoms with van der Waals surface area (Å²) >= 11 is 0. The number of hydrogen-bond acceptors (Lipinski definition) is 4. The van der Waals surface area contributed by atoms with Crippen LogP contribution in [-0.2, 0) is 0 Å². The summed E-state index contributed by atoms with van der Waals surface area (Å²) in [5.74, 6) is 0. The van der Waals surface area contributed by atoms with Crippen molar-refractivity contribution < 1.29 is 4.92 Å². The second kappa shape index (κ2) is 4.81. The summed E-state index contributed by atoms with van der Waals surface area (Å²) in [7, 11) is 0. The van der Waals surface area contributed by atoms with E-state index >= 15 is 0 Å². The van der Waals surface area contributed by atoms with Crippen LogP contribution in [0.25, 0.3) is 0 Å². The van der Waals surface area contributed by atoms with E-state index in [0.29, 0.717) is 5.69 Å². The maximum absolute atomic E-state index is 11.2. The van der Waals surface area contributed by atoms with Crippen LogP contribution < -0.4 is 10.6 Å². The summed E-state index contributed by atoms with van der Waals surface area (Å²) in [6.07, 6.45) is 0.859. The van der Waals surface area contributed by atoms with Crippen LogP contribution in [0.3, 0.4) is 0 Å². The predicted molar refractivity (Wildman–Crippen MR) is 76.4 cm³/mol. The maximum Gasteiger partial charge on any atom is 0.292 e. The summed E-state index contributed by atoms with van der Waals surface area (Å²) < 4.78 is 0. The lowest BCUT2D eigenvalue weighted by Gasteiger charge is -2.43. The predicted octanol–water partition coefficient (Wildman–Crippen LogP) is 2.47. The number of hydrogen-bond donors (Lipinski definition) is 1. The van der Waals surface area contributed by atoms with Gasteiger partial charge < -0.3 is 10.6 Å². The van der Waals surface area contributed by atoms with Crippen molar-refractivity contribution in [3.05, 3.63) is 33.9 Å². The van der Waals surface area contributed by atoms with Gasteiger partial charge in [-0.15, -0.1) is 0 Å². The molecule has 19 heavy (non-hydrogen) atoms. The van der Waals surface area contributed by atoms with Crippen molar-refractivity contribution in [3.8, 4) is 0 Å². The number of nitro groups is 1. The molecule has 1 aromatic carbocycles. The molecule has 0 bridgehead atoms. The van der Waals surface area contributed by atoms with Crippen LogP contribution in [0.2, 0.25) is 0 Å². The Labute approximate surface area is 113 Å². The first-order chi connectivity index (χ1) is 8.81. The van der Waals surface area contributed by atoms with Crippen molar-refractivity contribution in [2.45, 2.75) is 33.2 Å². The molecule has 0 radical (unpaired) electrons. The fourth-order valence-corrected chi connectivity index (χ4v) is 2.63. The highest BCUT2D eigenvalue weighted by Gasteiger charge is 2.35. The molecule has 1 aromatic rings. The standard InChI is InChI=1S/C14H21N3O2/c1-10-4-5-11(12(8-10)17(18)19)16-7-6-13(15)14(2,3)9-16/h4-5,8,13H,6-7,9,15H2,1-3H3. The number of piperidine rings is 1. The van der Waals surface area contributed by atoms with Gasteiger partial charge in [0.1, 0.15) is 5.69 Å². The van der Waals surface area contributed by atoms with E-state index in [0.717, 1.165) is 25.1 Å². The fraction of sp³-hybridized carbons (Fsp3) is 0.571. The molecule has 0 spiro atoms. The third-order valence-corrected chi connectivity index (χ3v) is 3.98. The molecule has 2 rings (SSSR count). The fourth-order valence-electron chi connectivity index (χ4n) is 2.63. The van der Waals surface area contributed by atoms with Gasteiger partial charge in [0, 0.05) is 25.2 Å². The van der Waals surface area contributed by atoms with Gasteiger partial charge in [0.05, 0.1) is 4.92 Å².